The standard InChI is InChI=1S/C20H17ClN2O5/c1-2-28-19(26)22-10-9-20(27)17(24)13-8-7-12(21)11-16(13)23(20)18(25)14-5-3-4-6-15(14)22/h3-8,11,27H,2,9-10H2,1H3/t20-/m1/s1. The van der Waals surface area contributed by atoms with Crippen LogP contribution in [0.4, 0.5) is 16.2 Å². The molecule has 0 spiro atoms. The van der Waals surface area contributed by atoms with Gasteiger partial charge in [-0.05, 0) is 37.3 Å². The molecule has 28 heavy (non-hydrogen) atoms. The third-order valence-electron chi connectivity index (χ3n) is 4.98. The van der Waals surface area contributed by atoms with E-state index in [0.717, 1.165) is 4.90 Å². The van der Waals surface area contributed by atoms with Gasteiger partial charge in [0.15, 0.2) is 0 Å². The lowest BCUT2D eigenvalue weighted by Crippen LogP contribution is -2.57. The number of amides is 2. The number of Topliss-reactive ketones (excluding diaryl/α,β-unsaturated/α-hetero) is 1. The van der Waals surface area contributed by atoms with Gasteiger partial charge in [-0.3, -0.25) is 19.4 Å². The molecule has 0 radical (unpaired) electrons. The first-order valence-corrected chi connectivity index (χ1v) is 9.21. The van der Waals surface area contributed by atoms with Gasteiger partial charge in [0.25, 0.3) is 5.91 Å². The number of rotatable bonds is 1. The van der Waals surface area contributed by atoms with Crippen LogP contribution in [0.1, 0.15) is 34.1 Å². The molecule has 1 N–H and O–H groups in total. The Hall–Kier alpha value is -2.90. The van der Waals surface area contributed by atoms with Crippen LogP contribution in [0.15, 0.2) is 42.5 Å². The molecular weight excluding hydrogens is 384 g/mol. The number of halogens is 1. The topological polar surface area (TPSA) is 87.2 Å². The van der Waals surface area contributed by atoms with E-state index < -0.39 is 23.5 Å². The van der Waals surface area contributed by atoms with E-state index in [4.69, 9.17) is 16.3 Å². The molecule has 2 aromatic carbocycles. The van der Waals surface area contributed by atoms with Gasteiger partial charge in [0.1, 0.15) is 0 Å². The average Bonchev–Trinajstić information content (AvgIpc) is 2.88. The fourth-order valence-electron chi connectivity index (χ4n) is 3.69. The lowest BCUT2D eigenvalue weighted by Gasteiger charge is -2.37. The molecule has 0 fully saturated rings. The predicted octanol–water partition coefficient (Wildman–Crippen LogP) is 3.24. The molecule has 4 rings (SSSR count). The number of fused-ring (bicyclic) bond motifs is 4. The molecule has 7 nitrogen and oxygen atoms in total. The minimum absolute atomic E-state index is 0.0103. The van der Waals surface area contributed by atoms with Crippen LogP contribution in [0.3, 0.4) is 0 Å². The summed E-state index contributed by atoms with van der Waals surface area (Å²) in [7, 11) is 0. The lowest BCUT2D eigenvalue weighted by molar-refractivity contribution is 0.0290. The molecule has 2 aliphatic rings. The number of para-hydroxylation sites is 1. The van der Waals surface area contributed by atoms with Crippen molar-refractivity contribution in [3.8, 4) is 0 Å². The van der Waals surface area contributed by atoms with Crippen molar-refractivity contribution in [3.63, 3.8) is 0 Å². The van der Waals surface area contributed by atoms with E-state index in [0.29, 0.717) is 10.7 Å². The number of hydrogen-bond donors (Lipinski definition) is 1. The fraction of sp³-hybridized carbons (Fsp3) is 0.250. The normalized spacial score (nSPS) is 20.8. The first kappa shape index (κ1) is 18.5. The number of aliphatic hydroxyl groups is 1. The number of hydrogen-bond acceptors (Lipinski definition) is 5. The first-order valence-electron chi connectivity index (χ1n) is 8.83. The molecule has 0 aliphatic carbocycles. The second-order valence-electron chi connectivity index (χ2n) is 6.57. The summed E-state index contributed by atoms with van der Waals surface area (Å²) in [5, 5.41) is 11.6. The second-order valence-corrected chi connectivity index (χ2v) is 7.00. The van der Waals surface area contributed by atoms with Crippen LogP contribution in [-0.4, -0.2) is 41.8 Å². The fourth-order valence-corrected chi connectivity index (χ4v) is 3.86. The Morgan fingerprint density at radius 1 is 1.18 bits per heavy atom. The van der Waals surface area contributed by atoms with Gasteiger partial charge in [0.2, 0.25) is 11.5 Å². The highest BCUT2D eigenvalue weighted by atomic mass is 35.5. The first-order chi connectivity index (χ1) is 13.4. The molecule has 0 saturated heterocycles. The molecule has 0 bridgehead atoms. The average molecular weight is 401 g/mol. The highest BCUT2D eigenvalue weighted by Gasteiger charge is 2.54. The predicted molar refractivity (Wildman–Crippen MR) is 103 cm³/mol. The molecule has 2 aromatic rings. The van der Waals surface area contributed by atoms with Crippen molar-refractivity contribution in [1.82, 2.24) is 0 Å². The Kier molecular flexibility index (Phi) is 4.36. The molecule has 2 heterocycles. The third kappa shape index (κ3) is 2.58. The van der Waals surface area contributed by atoms with Gasteiger partial charge in [-0.2, -0.15) is 0 Å². The van der Waals surface area contributed by atoms with Gasteiger partial charge in [-0.25, -0.2) is 4.79 Å². The number of ether oxygens (including phenoxy) is 1. The van der Waals surface area contributed by atoms with E-state index in [1.807, 2.05) is 0 Å². The van der Waals surface area contributed by atoms with Gasteiger partial charge in [0, 0.05) is 23.6 Å². The van der Waals surface area contributed by atoms with Crippen LogP contribution in [0, 0.1) is 0 Å². The Bertz CT molecular complexity index is 1010. The summed E-state index contributed by atoms with van der Waals surface area (Å²) in [4.78, 5) is 41.2. The minimum Gasteiger partial charge on any atom is -0.449 e. The highest BCUT2D eigenvalue weighted by molar-refractivity contribution is 6.32. The Labute approximate surface area is 166 Å². The van der Waals surface area contributed by atoms with Gasteiger partial charge in [-0.1, -0.05) is 23.7 Å². The van der Waals surface area contributed by atoms with E-state index >= 15 is 0 Å². The number of benzene rings is 2. The van der Waals surface area contributed by atoms with Crippen molar-refractivity contribution in [2.24, 2.45) is 0 Å². The van der Waals surface area contributed by atoms with Crippen LogP contribution < -0.4 is 9.80 Å². The molecule has 0 aromatic heterocycles. The quantitative estimate of drug-likeness (QED) is 0.794. The van der Waals surface area contributed by atoms with Crippen LogP contribution >= 0.6 is 11.6 Å². The smallest absolute Gasteiger partial charge is 0.414 e. The van der Waals surface area contributed by atoms with Crippen molar-refractivity contribution in [2.45, 2.75) is 19.1 Å². The maximum absolute atomic E-state index is 13.4. The molecule has 1 atom stereocenters. The molecular formula is C20H17ClN2O5. The number of carbonyl (C=O) groups excluding carboxylic acids is 3. The number of ketones is 1. The number of nitrogens with zero attached hydrogens (tertiary/aromatic N) is 2. The van der Waals surface area contributed by atoms with Crippen molar-refractivity contribution in [1.29, 1.82) is 0 Å². The maximum Gasteiger partial charge on any atom is 0.414 e. The summed E-state index contributed by atoms with van der Waals surface area (Å²) in [6, 6.07) is 11.0. The zero-order chi connectivity index (χ0) is 20.1. The van der Waals surface area contributed by atoms with Gasteiger partial charge in [0.05, 0.1) is 23.5 Å². The SMILES string of the molecule is CCOC(=O)N1CC[C@@]2(O)C(=O)c3ccc(Cl)cc3N2C(=O)c2ccccc21. The monoisotopic (exact) mass is 400 g/mol. The zero-order valence-electron chi connectivity index (χ0n) is 15.0. The van der Waals surface area contributed by atoms with Crippen LogP contribution in [0.5, 0.6) is 0 Å². The van der Waals surface area contributed by atoms with Crippen molar-refractivity contribution in [2.75, 3.05) is 23.0 Å². The summed E-state index contributed by atoms with van der Waals surface area (Å²) >= 11 is 6.07. The van der Waals surface area contributed by atoms with E-state index in [1.165, 1.54) is 23.1 Å². The van der Waals surface area contributed by atoms with Crippen LogP contribution in [0.2, 0.25) is 5.02 Å². The summed E-state index contributed by atoms with van der Waals surface area (Å²) in [5.74, 6) is -1.20. The number of anilines is 2. The van der Waals surface area contributed by atoms with Crippen LogP contribution in [-0.2, 0) is 4.74 Å². The Balaban J connectivity index is 1.91. The minimum atomic E-state index is -2.11. The van der Waals surface area contributed by atoms with Gasteiger partial charge >= 0.3 is 6.09 Å². The molecule has 0 unspecified atom stereocenters. The van der Waals surface area contributed by atoms with Crippen molar-refractivity contribution >= 4 is 40.8 Å². The number of carbonyl (C=O) groups is 3. The van der Waals surface area contributed by atoms with Crippen molar-refractivity contribution in [3.05, 3.63) is 58.6 Å². The van der Waals surface area contributed by atoms with Crippen molar-refractivity contribution < 1.29 is 24.2 Å². The zero-order valence-corrected chi connectivity index (χ0v) is 15.8. The second kappa shape index (κ2) is 6.61. The van der Waals surface area contributed by atoms with E-state index in [1.54, 1.807) is 31.2 Å². The van der Waals surface area contributed by atoms with E-state index in [-0.39, 0.29) is 36.4 Å². The molecule has 144 valence electrons. The largest absolute Gasteiger partial charge is 0.449 e. The molecule has 2 aliphatic heterocycles. The Morgan fingerprint density at radius 2 is 1.93 bits per heavy atom. The summed E-state index contributed by atoms with van der Waals surface area (Å²) < 4.78 is 5.10. The lowest BCUT2D eigenvalue weighted by atomic mass is 9.99. The summed E-state index contributed by atoms with van der Waals surface area (Å²) in [6.45, 7) is 1.82. The third-order valence-corrected chi connectivity index (χ3v) is 5.21. The van der Waals surface area contributed by atoms with Gasteiger partial charge < -0.3 is 9.84 Å². The Morgan fingerprint density at radius 3 is 2.68 bits per heavy atom. The molecule has 8 heteroatoms. The van der Waals surface area contributed by atoms with Crippen LogP contribution in [0.25, 0.3) is 0 Å². The molecule has 0 saturated carbocycles. The van der Waals surface area contributed by atoms with E-state index in [2.05, 4.69) is 0 Å². The van der Waals surface area contributed by atoms with Gasteiger partial charge in [-0.15, -0.1) is 0 Å². The summed E-state index contributed by atoms with van der Waals surface area (Å²) in [6.07, 6.45) is -0.817. The summed E-state index contributed by atoms with van der Waals surface area (Å²) in [5.41, 5.74) is -1.11. The van der Waals surface area contributed by atoms with E-state index in [9.17, 15) is 19.5 Å². The molecule has 2 amide bonds. The maximum atomic E-state index is 13.4. The highest BCUT2D eigenvalue weighted by Crippen LogP contribution is 2.44.